The molecular weight excluding hydrogens is 336 g/mol. The van der Waals surface area contributed by atoms with E-state index in [0.717, 1.165) is 10.8 Å². The summed E-state index contributed by atoms with van der Waals surface area (Å²) in [5.74, 6) is 0. The van der Waals surface area contributed by atoms with Gasteiger partial charge in [0.1, 0.15) is 0 Å². The van der Waals surface area contributed by atoms with E-state index in [1.54, 1.807) is 16.7 Å². The van der Waals surface area contributed by atoms with E-state index in [-0.39, 0.29) is 12.4 Å². The van der Waals surface area contributed by atoms with Crippen LogP contribution < -0.4 is 9.46 Å². The van der Waals surface area contributed by atoms with Gasteiger partial charge in [-0.2, -0.15) is 14.6 Å². The molecule has 8 heteroatoms. The van der Waals surface area contributed by atoms with Crippen molar-refractivity contribution in [3.05, 3.63) is 46.7 Å². The summed E-state index contributed by atoms with van der Waals surface area (Å²) in [6.07, 6.45) is 2.74. The number of nitrogens with zero attached hydrogens (tertiary/aromatic N) is 4. The second kappa shape index (κ2) is 6.35. The van der Waals surface area contributed by atoms with Crippen molar-refractivity contribution in [1.82, 2.24) is 4.57 Å². The molecule has 0 atom stereocenters. The van der Waals surface area contributed by atoms with E-state index >= 15 is 0 Å². The van der Waals surface area contributed by atoms with Crippen molar-refractivity contribution >= 4 is 30.0 Å². The number of aromatic nitrogens is 3. The molecule has 0 unspecified atom stereocenters. The Morgan fingerprint density at radius 1 is 1.24 bits per heavy atom. The molecule has 7 nitrogen and oxygen atoms in total. The van der Waals surface area contributed by atoms with Gasteiger partial charge in [-0.25, -0.2) is 4.73 Å². The van der Waals surface area contributed by atoms with Crippen molar-refractivity contribution in [2.75, 3.05) is 6.61 Å². The second-order valence-corrected chi connectivity index (χ2v) is 12.9. The molecule has 0 amide bonds. The zero-order valence-corrected chi connectivity index (χ0v) is 15.5. The Labute approximate surface area is 146 Å². The predicted octanol–water partition coefficient (Wildman–Crippen LogP) is 2.25. The van der Waals surface area contributed by atoms with E-state index < -0.39 is 8.07 Å². The lowest BCUT2D eigenvalue weighted by Crippen LogP contribution is -2.31. The SMILES string of the molecule is C[Si](C)(C)CCOCn1c2c[n+]([O-])c(C#N)cc2c2ccc[n+]([O-])c21. The fourth-order valence-electron chi connectivity index (χ4n) is 2.77. The van der Waals surface area contributed by atoms with E-state index in [4.69, 9.17) is 10.00 Å². The lowest BCUT2D eigenvalue weighted by molar-refractivity contribution is -0.607. The molecule has 0 N–H and O–H groups in total. The molecule has 0 radical (unpaired) electrons. The van der Waals surface area contributed by atoms with Crippen molar-refractivity contribution in [3.63, 3.8) is 0 Å². The predicted molar refractivity (Wildman–Crippen MR) is 96.2 cm³/mol. The van der Waals surface area contributed by atoms with Crippen molar-refractivity contribution in [2.45, 2.75) is 32.4 Å². The van der Waals surface area contributed by atoms with E-state index in [2.05, 4.69) is 19.6 Å². The van der Waals surface area contributed by atoms with E-state index in [1.165, 1.54) is 18.5 Å². The van der Waals surface area contributed by atoms with Crippen molar-refractivity contribution in [2.24, 2.45) is 0 Å². The number of ether oxygens (including phenoxy) is 1. The summed E-state index contributed by atoms with van der Waals surface area (Å²) in [6.45, 7) is 7.60. The summed E-state index contributed by atoms with van der Waals surface area (Å²) in [5.41, 5.74) is 0.987. The van der Waals surface area contributed by atoms with Gasteiger partial charge in [0.2, 0.25) is 11.7 Å². The van der Waals surface area contributed by atoms with Gasteiger partial charge in [0, 0.05) is 20.7 Å². The van der Waals surface area contributed by atoms with E-state index in [9.17, 15) is 10.4 Å². The minimum Gasteiger partial charge on any atom is -0.711 e. The Kier molecular flexibility index (Phi) is 4.37. The van der Waals surface area contributed by atoms with E-state index in [0.29, 0.717) is 33.3 Å². The molecule has 25 heavy (non-hydrogen) atoms. The summed E-state index contributed by atoms with van der Waals surface area (Å²) >= 11 is 0. The minimum atomic E-state index is -1.21. The summed E-state index contributed by atoms with van der Waals surface area (Å²) in [7, 11) is -1.21. The highest BCUT2D eigenvalue weighted by Gasteiger charge is 2.23. The van der Waals surface area contributed by atoms with Crippen molar-refractivity contribution < 1.29 is 14.2 Å². The van der Waals surface area contributed by atoms with Crippen LogP contribution in [-0.2, 0) is 11.5 Å². The fourth-order valence-corrected chi connectivity index (χ4v) is 3.53. The van der Waals surface area contributed by atoms with Crippen LogP contribution in [0, 0.1) is 21.7 Å². The second-order valence-electron chi connectivity index (χ2n) is 7.24. The zero-order chi connectivity index (χ0) is 18.2. The molecule has 0 fully saturated rings. The number of rotatable bonds is 5. The number of fused-ring (bicyclic) bond motifs is 3. The molecular formula is C17H20N4O3Si. The van der Waals surface area contributed by atoms with Gasteiger partial charge in [-0.3, -0.25) is 0 Å². The molecule has 0 aliphatic heterocycles. The molecule has 3 heterocycles. The minimum absolute atomic E-state index is 0.00694. The van der Waals surface area contributed by atoms with Gasteiger partial charge in [-0.15, -0.1) is 0 Å². The quantitative estimate of drug-likeness (QED) is 0.303. The van der Waals surface area contributed by atoms with Gasteiger partial charge < -0.3 is 15.2 Å². The molecule has 0 aliphatic carbocycles. The van der Waals surface area contributed by atoms with Crippen LogP contribution in [0.2, 0.25) is 25.7 Å². The van der Waals surface area contributed by atoms with Gasteiger partial charge in [0.25, 0.3) is 11.3 Å². The maximum absolute atomic E-state index is 12.3. The van der Waals surface area contributed by atoms with Gasteiger partial charge >= 0.3 is 0 Å². The van der Waals surface area contributed by atoms with Crippen LogP contribution in [0.4, 0.5) is 0 Å². The first kappa shape index (κ1) is 17.2. The average Bonchev–Trinajstić information content (AvgIpc) is 2.84. The molecule has 0 saturated heterocycles. The largest absolute Gasteiger partial charge is 0.711 e. The highest BCUT2D eigenvalue weighted by molar-refractivity contribution is 6.76. The summed E-state index contributed by atoms with van der Waals surface area (Å²) < 4.78 is 8.77. The smallest absolute Gasteiger partial charge is 0.295 e. The number of nitriles is 1. The Balaban J connectivity index is 2.08. The molecule has 0 spiro atoms. The zero-order valence-electron chi connectivity index (χ0n) is 14.5. The van der Waals surface area contributed by atoms with Gasteiger partial charge in [0.15, 0.2) is 12.8 Å². The molecule has 3 aromatic rings. The summed E-state index contributed by atoms with van der Waals surface area (Å²) in [5, 5.41) is 34.8. The topological polar surface area (TPSA) is 91.8 Å². The number of hydrogen-bond acceptors (Lipinski definition) is 4. The molecule has 3 rings (SSSR count). The highest BCUT2D eigenvalue weighted by Crippen LogP contribution is 2.26. The monoisotopic (exact) mass is 356 g/mol. The Hall–Kier alpha value is -2.63. The molecule has 0 saturated carbocycles. The molecule has 0 aromatic carbocycles. The lowest BCUT2D eigenvalue weighted by atomic mass is 10.2. The highest BCUT2D eigenvalue weighted by atomic mass is 28.3. The fraction of sp³-hybridized carbons (Fsp3) is 0.353. The van der Waals surface area contributed by atoms with Gasteiger partial charge in [-0.05, 0) is 18.2 Å². The molecule has 3 aromatic heterocycles. The van der Waals surface area contributed by atoms with Crippen LogP contribution in [-0.4, -0.2) is 19.2 Å². The maximum atomic E-state index is 12.3. The Morgan fingerprint density at radius 2 is 2.00 bits per heavy atom. The van der Waals surface area contributed by atoms with Crippen LogP contribution >= 0.6 is 0 Å². The van der Waals surface area contributed by atoms with Crippen molar-refractivity contribution in [3.8, 4) is 6.07 Å². The van der Waals surface area contributed by atoms with Crippen LogP contribution in [0.15, 0.2) is 30.6 Å². The molecule has 130 valence electrons. The van der Waals surface area contributed by atoms with Crippen molar-refractivity contribution in [1.29, 1.82) is 5.26 Å². The van der Waals surface area contributed by atoms with E-state index in [1.807, 2.05) is 6.07 Å². The van der Waals surface area contributed by atoms with Crippen LogP contribution in [0.25, 0.3) is 21.9 Å². The van der Waals surface area contributed by atoms with Crippen LogP contribution in [0.5, 0.6) is 0 Å². The Morgan fingerprint density at radius 3 is 2.68 bits per heavy atom. The van der Waals surface area contributed by atoms with Gasteiger partial charge in [-0.1, -0.05) is 19.6 Å². The number of pyridine rings is 2. The lowest BCUT2D eigenvalue weighted by Gasteiger charge is -2.15. The van der Waals surface area contributed by atoms with Crippen LogP contribution in [0.3, 0.4) is 0 Å². The summed E-state index contributed by atoms with van der Waals surface area (Å²) in [6, 6.07) is 7.86. The third-order valence-electron chi connectivity index (χ3n) is 4.14. The average molecular weight is 356 g/mol. The Bertz CT molecular complexity index is 986. The summed E-state index contributed by atoms with van der Waals surface area (Å²) in [4.78, 5) is 0. The van der Waals surface area contributed by atoms with Gasteiger partial charge in [0.05, 0.1) is 17.0 Å². The standard InChI is InChI=1S/C17H20N4O3Si/c1-25(2,3)8-7-24-12-19-16-11-21(23)13(10-18)9-15(16)14-5-4-6-20(22)17(14)19/h4-6,9,11H,7-8,12H2,1-3H3. The third-order valence-corrected chi connectivity index (χ3v) is 5.84. The van der Waals surface area contributed by atoms with Crippen LogP contribution in [0.1, 0.15) is 5.69 Å². The number of hydrogen-bond donors (Lipinski definition) is 0. The normalized spacial score (nSPS) is 11.9. The molecule has 0 bridgehead atoms. The first-order chi connectivity index (χ1) is 11.8. The first-order valence-electron chi connectivity index (χ1n) is 8.07. The maximum Gasteiger partial charge on any atom is 0.295 e. The first-order valence-corrected chi connectivity index (χ1v) is 11.8. The third kappa shape index (κ3) is 3.29. The molecule has 0 aliphatic rings.